The van der Waals surface area contributed by atoms with Crippen molar-refractivity contribution in [3.8, 4) is 11.4 Å². The molecule has 0 amide bonds. The number of aliphatic imine (C=N–C) groups is 1. The second-order valence-corrected chi connectivity index (χ2v) is 6.80. The first-order valence-electron chi connectivity index (χ1n) is 9.62. The number of benzene rings is 2. The molecule has 2 N–H and O–H groups in total. The van der Waals surface area contributed by atoms with Gasteiger partial charge in [0, 0.05) is 26.0 Å². The van der Waals surface area contributed by atoms with E-state index in [1.165, 1.54) is 12.1 Å². The van der Waals surface area contributed by atoms with Crippen molar-refractivity contribution >= 4 is 29.9 Å². The largest absolute Gasteiger partial charge is 0.486 e. The third kappa shape index (κ3) is 6.65. The molecule has 3 rings (SSSR count). The Labute approximate surface area is 197 Å². The number of hydrogen-bond acceptors (Lipinski definition) is 3. The van der Waals surface area contributed by atoms with Crippen LogP contribution < -0.4 is 15.4 Å². The minimum atomic E-state index is -0.400. The summed E-state index contributed by atoms with van der Waals surface area (Å²) in [5, 5.41) is 6.25. The molecule has 0 spiro atoms. The molecule has 2 aromatic carbocycles. The van der Waals surface area contributed by atoms with E-state index >= 15 is 0 Å². The predicted octanol–water partition coefficient (Wildman–Crippen LogP) is 4.21. The number of aromatic nitrogens is 2. The van der Waals surface area contributed by atoms with Gasteiger partial charge in [-0.15, -0.1) is 24.0 Å². The van der Waals surface area contributed by atoms with Crippen LogP contribution in [0.3, 0.4) is 0 Å². The first-order valence-corrected chi connectivity index (χ1v) is 9.62. The van der Waals surface area contributed by atoms with Crippen LogP contribution in [0.1, 0.15) is 18.3 Å². The molecular formula is C22H26F2IN5O. The second-order valence-electron chi connectivity index (χ2n) is 6.80. The maximum absolute atomic E-state index is 14.5. The summed E-state index contributed by atoms with van der Waals surface area (Å²) >= 11 is 0. The standard InChI is InChI=1S/C22H25F2N5O.HI/c1-15(30-21-7-5-4-6-18(21)23)13-27-22(25-3)28-14-17-8-9-20(19(24)12-17)29-11-10-26-16(29)2;/h4-12,15H,13-14H2,1-3H3,(H2,25,27,28);1H. The lowest BCUT2D eigenvalue weighted by Gasteiger charge is -2.18. The van der Waals surface area contributed by atoms with Crippen LogP contribution in [0.2, 0.25) is 0 Å². The van der Waals surface area contributed by atoms with E-state index < -0.39 is 5.82 Å². The number of guanidine groups is 1. The third-order valence-electron chi connectivity index (χ3n) is 4.50. The maximum Gasteiger partial charge on any atom is 0.191 e. The molecule has 0 saturated carbocycles. The number of para-hydroxylation sites is 1. The van der Waals surface area contributed by atoms with Crippen molar-refractivity contribution in [1.82, 2.24) is 20.2 Å². The van der Waals surface area contributed by atoms with Crippen LogP contribution in [0.25, 0.3) is 5.69 Å². The van der Waals surface area contributed by atoms with Gasteiger partial charge in [0.15, 0.2) is 17.5 Å². The van der Waals surface area contributed by atoms with E-state index in [1.54, 1.807) is 48.3 Å². The van der Waals surface area contributed by atoms with Crippen LogP contribution in [-0.4, -0.2) is 35.2 Å². The molecule has 31 heavy (non-hydrogen) atoms. The lowest BCUT2D eigenvalue weighted by Crippen LogP contribution is -2.41. The normalized spacial score (nSPS) is 12.1. The maximum atomic E-state index is 14.5. The number of halogens is 3. The minimum absolute atomic E-state index is 0. The van der Waals surface area contributed by atoms with Gasteiger partial charge in [-0.3, -0.25) is 4.99 Å². The van der Waals surface area contributed by atoms with E-state index in [0.717, 1.165) is 11.4 Å². The zero-order chi connectivity index (χ0) is 21.5. The Balaban J connectivity index is 0.00000341. The van der Waals surface area contributed by atoms with Crippen molar-refractivity contribution < 1.29 is 13.5 Å². The van der Waals surface area contributed by atoms with Crippen LogP contribution in [0.4, 0.5) is 8.78 Å². The highest BCUT2D eigenvalue weighted by atomic mass is 127. The van der Waals surface area contributed by atoms with Gasteiger partial charge in [-0.25, -0.2) is 13.8 Å². The minimum Gasteiger partial charge on any atom is -0.486 e. The molecule has 1 aromatic heterocycles. The highest BCUT2D eigenvalue weighted by Gasteiger charge is 2.10. The van der Waals surface area contributed by atoms with Gasteiger partial charge in [-0.2, -0.15) is 0 Å². The highest BCUT2D eigenvalue weighted by molar-refractivity contribution is 14.0. The summed E-state index contributed by atoms with van der Waals surface area (Å²) in [6.07, 6.45) is 3.08. The van der Waals surface area contributed by atoms with Gasteiger partial charge in [0.2, 0.25) is 0 Å². The van der Waals surface area contributed by atoms with Crippen LogP contribution >= 0.6 is 24.0 Å². The number of ether oxygens (including phenoxy) is 1. The average molecular weight is 541 g/mol. The molecule has 0 aliphatic rings. The van der Waals surface area contributed by atoms with Crippen molar-refractivity contribution in [1.29, 1.82) is 0 Å². The van der Waals surface area contributed by atoms with E-state index in [-0.39, 0.29) is 41.6 Å². The zero-order valence-electron chi connectivity index (χ0n) is 17.6. The van der Waals surface area contributed by atoms with Gasteiger partial charge in [0.25, 0.3) is 0 Å². The van der Waals surface area contributed by atoms with Gasteiger partial charge >= 0.3 is 0 Å². The van der Waals surface area contributed by atoms with Crippen molar-refractivity contribution in [3.63, 3.8) is 0 Å². The van der Waals surface area contributed by atoms with Crippen molar-refractivity contribution in [2.24, 2.45) is 4.99 Å². The van der Waals surface area contributed by atoms with Gasteiger partial charge in [0.1, 0.15) is 17.7 Å². The topological polar surface area (TPSA) is 63.5 Å². The Morgan fingerprint density at radius 1 is 1.16 bits per heavy atom. The molecule has 1 heterocycles. The monoisotopic (exact) mass is 541 g/mol. The molecule has 0 fully saturated rings. The number of nitrogens with one attached hydrogen (secondary N) is 2. The molecule has 0 aliphatic carbocycles. The number of rotatable bonds is 7. The lowest BCUT2D eigenvalue weighted by atomic mass is 10.2. The number of aryl methyl sites for hydroxylation is 1. The molecule has 1 unspecified atom stereocenters. The summed E-state index contributed by atoms with van der Waals surface area (Å²) in [5.41, 5.74) is 1.22. The van der Waals surface area contributed by atoms with E-state index in [2.05, 4.69) is 20.6 Å². The molecule has 3 aromatic rings. The van der Waals surface area contributed by atoms with Crippen LogP contribution in [0, 0.1) is 18.6 Å². The van der Waals surface area contributed by atoms with Gasteiger partial charge < -0.3 is 19.9 Å². The summed E-state index contributed by atoms with van der Waals surface area (Å²) in [7, 11) is 1.64. The molecule has 0 bridgehead atoms. The van der Waals surface area contributed by atoms with Gasteiger partial charge in [-0.05, 0) is 43.7 Å². The Morgan fingerprint density at radius 3 is 2.58 bits per heavy atom. The lowest BCUT2D eigenvalue weighted by molar-refractivity contribution is 0.214. The Hall–Kier alpha value is -2.69. The fourth-order valence-corrected chi connectivity index (χ4v) is 2.93. The Kier molecular flexibility index (Phi) is 9.22. The molecule has 0 radical (unpaired) electrons. The molecular weight excluding hydrogens is 515 g/mol. The summed E-state index contributed by atoms with van der Waals surface area (Å²) in [5.74, 6) is 0.733. The summed E-state index contributed by atoms with van der Waals surface area (Å²) < 4.78 is 35.5. The summed E-state index contributed by atoms with van der Waals surface area (Å²) in [6, 6.07) is 11.3. The Morgan fingerprint density at radius 2 is 1.94 bits per heavy atom. The van der Waals surface area contributed by atoms with Gasteiger partial charge in [-0.1, -0.05) is 18.2 Å². The fraction of sp³-hybridized carbons (Fsp3) is 0.273. The van der Waals surface area contributed by atoms with E-state index in [9.17, 15) is 8.78 Å². The average Bonchev–Trinajstić information content (AvgIpc) is 3.15. The predicted molar refractivity (Wildman–Crippen MR) is 128 cm³/mol. The fourth-order valence-electron chi connectivity index (χ4n) is 2.93. The molecule has 0 aliphatic heterocycles. The molecule has 6 nitrogen and oxygen atoms in total. The zero-order valence-corrected chi connectivity index (χ0v) is 19.9. The number of nitrogens with zero attached hydrogens (tertiary/aromatic N) is 3. The smallest absolute Gasteiger partial charge is 0.191 e. The van der Waals surface area contributed by atoms with E-state index in [1.807, 2.05) is 19.9 Å². The molecule has 9 heteroatoms. The van der Waals surface area contributed by atoms with E-state index in [0.29, 0.717) is 24.7 Å². The van der Waals surface area contributed by atoms with E-state index in [4.69, 9.17) is 4.74 Å². The summed E-state index contributed by atoms with van der Waals surface area (Å²) in [6.45, 7) is 4.46. The van der Waals surface area contributed by atoms with Crippen LogP contribution in [0.15, 0.2) is 59.9 Å². The van der Waals surface area contributed by atoms with Crippen molar-refractivity contribution in [3.05, 3.63) is 77.9 Å². The number of hydrogen-bond donors (Lipinski definition) is 2. The second kappa shape index (κ2) is 11.6. The number of imidazole rings is 1. The third-order valence-corrected chi connectivity index (χ3v) is 4.50. The first kappa shape index (κ1) is 24.6. The molecule has 0 saturated heterocycles. The SMILES string of the molecule is CN=C(NCc1ccc(-n2ccnc2C)c(F)c1)NCC(C)Oc1ccccc1F.I. The highest BCUT2D eigenvalue weighted by Crippen LogP contribution is 2.17. The quantitative estimate of drug-likeness (QED) is 0.268. The molecule has 166 valence electrons. The van der Waals surface area contributed by atoms with Gasteiger partial charge in [0.05, 0.1) is 12.2 Å². The van der Waals surface area contributed by atoms with Crippen LogP contribution in [0.5, 0.6) is 5.75 Å². The van der Waals surface area contributed by atoms with Crippen LogP contribution in [-0.2, 0) is 6.54 Å². The molecule has 1 atom stereocenters. The Bertz CT molecular complexity index is 1020. The first-order chi connectivity index (χ1) is 14.5. The van der Waals surface area contributed by atoms with Crippen molar-refractivity contribution in [2.75, 3.05) is 13.6 Å². The summed E-state index contributed by atoms with van der Waals surface area (Å²) in [4.78, 5) is 8.27. The van der Waals surface area contributed by atoms with Crippen molar-refractivity contribution in [2.45, 2.75) is 26.5 Å².